The van der Waals surface area contributed by atoms with Gasteiger partial charge in [-0.3, -0.25) is 4.98 Å². The van der Waals surface area contributed by atoms with Crippen molar-refractivity contribution in [2.24, 2.45) is 0 Å². The van der Waals surface area contributed by atoms with Crippen LogP contribution in [-0.4, -0.2) is 18.1 Å². The Morgan fingerprint density at radius 1 is 1.30 bits per heavy atom. The van der Waals surface area contributed by atoms with Crippen LogP contribution in [0.2, 0.25) is 0 Å². The molecule has 0 radical (unpaired) electrons. The van der Waals surface area contributed by atoms with Crippen LogP contribution in [0.4, 0.5) is 0 Å². The number of ether oxygens (including phenoxy) is 1. The fourth-order valence-electron chi connectivity index (χ4n) is 1.93. The molecule has 2 rings (SSSR count). The second-order valence-electron chi connectivity index (χ2n) is 4.67. The third-order valence-corrected chi connectivity index (χ3v) is 3.04. The van der Waals surface area contributed by atoms with Gasteiger partial charge in [-0.1, -0.05) is 13.0 Å². The van der Waals surface area contributed by atoms with E-state index >= 15 is 0 Å². The summed E-state index contributed by atoms with van der Waals surface area (Å²) >= 11 is 0. The molecule has 1 N–H and O–H groups in total. The lowest BCUT2D eigenvalue weighted by Gasteiger charge is -2.05. The van der Waals surface area contributed by atoms with E-state index in [1.54, 1.807) is 6.26 Å². The summed E-state index contributed by atoms with van der Waals surface area (Å²) in [4.78, 5) is 4.27. The quantitative estimate of drug-likeness (QED) is 0.714. The second kappa shape index (κ2) is 8.51. The molecule has 0 aliphatic heterocycles. The van der Waals surface area contributed by atoms with Crippen LogP contribution in [0.3, 0.4) is 0 Å². The van der Waals surface area contributed by atoms with Crippen LogP contribution in [-0.2, 0) is 24.3 Å². The van der Waals surface area contributed by atoms with Crippen molar-refractivity contribution in [3.63, 3.8) is 0 Å². The minimum Gasteiger partial charge on any atom is -0.468 e. The minimum absolute atomic E-state index is 0.590. The highest BCUT2D eigenvalue weighted by molar-refractivity contribution is 5.15. The van der Waals surface area contributed by atoms with Gasteiger partial charge in [0, 0.05) is 23.9 Å². The molecule has 2 aromatic heterocycles. The average molecular weight is 274 g/mol. The van der Waals surface area contributed by atoms with Crippen LogP contribution in [0.15, 0.2) is 41.1 Å². The van der Waals surface area contributed by atoms with Crippen LogP contribution in [0.25, 0.3) is 0 Å². The van der Waals surface area contributed by atoms with E-state index in [0.29, 0.717) is 13.2 Å². The average Bonchev–Trinajstić information content (AvgIpc) is 2.93. The van der Waals surface area contributed by atoms with Gasteiger partial charge >= 0.3 is 0 Å². The lowest BCUT2D eigenvalue weighted by atomic mass is 10.2. The second-order valence-corrected chi connectivity index (χ2v) is 4.67. The van der Waals surface area contributed by atoms with Crippen molar-refractivity contribution in [2.75, 3.05) is 13.2 Å². The molecule has 4 heteroatoms. The summed E-state index contributed by atoms with van der Waals surface area (Å²) in [7, 11) is 0. The van der Waals surface area contributed by atoms with Crippen LogP contribution >= 0.6 is 0 Å². The van der Waals surface area contributed by atoms with E-state index in [-0.39, 0.29) is 0 Å². The van der Waals surface area contributed by atoms with E-state index < -0.39 is 0 Å². The highest BCUT2D eigenvalue weighted by atomic mass is 16.5. The molecule has 0 bridgehead atoms. The maximum absolute atomic E-state index is 5.70. The number of furan rings is 1. The Morgan fingerprint density at radius 3 is 3.05 bits per heavy atom. The lowest BCUT2D eigenvalue weighted by Crippen LogP contribution is -2.14. The van der Waals surface area contributed by atoms with Crippen LogP contribution in [0.5, 0.6) is 0 Å². The summed E-state index contributed by atoms with van der Waals surface area (Å²) in [6, 6.07) is 7.91. The van der Waals surface area contributed by atoms with Gasteiger partial charge in [0.1, 0.15) is 5.76 Å². The molecular formula is C16H22N2O2. The molecular weight excluding hydrogens is 252 g/mol. The van der Waals surface area contributed by atoms with Gasteiger partial charge in [-0.25, -0.2) is 0 Å². The first kappa shape index (κ1) is 14.8. The number of rotatable bonds is 9. The summed E-state index contributed by atoms with van der Waals surface area (Å²) in [5, 5.41) is 3.33. The number of nitrogens with one attached hydrogen (secondary N) is 1. The maximum atomic E-state index is 5.70. The molecule has 0 unspecified atom stereocenters. The summed E-state index contributed by atoms with van der Waals surface area (Å²) in [5.41, 5.74) is 2.18. The van der Waals surface area contributed by atoms with Crippen molar-refractivity contribution in [1.29, 1.82) is 0 Å². The van der Waals surface area contributed by atoms with Gasteiger partial charge in [0.2, 0.25) is 0 Å². The van der Waals surface area contributed by atoms with E-state index in [1.165, 1.54) is 0 Å². The zero-order valence-electron chi connectivity index (χ0n) is 12.0. The molecule has 0 atom stereocenters. The Morgan fingerprint density at radius 2 is 2.25 bits per heavy atom. The van der Waals surface area contributed by atoms with Gasteiger partial charge in [-0.05, 0) is 31.2 Å². The first-order valence-electron chi connectivity index (χ1n) is 7.13. The van der Waals surface area contributed by atoms with Crippen LogP contribution in [0.1, 0.15) is 30.4 Å². The van der Waals surface area contributed by atoms with Crippen LogP contribution < -0.4 is 5.32 Å². The minimum atomic E-state index is 0.590. The SMILES string of the molecule is CCCNCc1occc1COCCc1ccccn1. The molecule has 0 amide bonds. The fourth-order valence-corrected chi connectivity index (χ4v) is 1.93. The Kier molecular flexibility index (Phi) is 6.27. The first-order valence-corrected chi connectivity index (χ1v) is 7.13. The summed E-state index contributed by atoms with van der Waals surface area (Å²) in [5.74, 6) is 0.969. The normalized spacial score (nSPS) is 10.8. The zero-order chi connectivity index (χ0) is 14.0. The molecule has 0 fully saturated rings. The number of hydrogen-bond acceptors (Lipinski definition) is 4. The Labute approximate surface area is 120 Å². The monoisotopic (exact) mass is 274 g/mol. The van der Waals surface area contributed by atoms with Crippen molar-refractivity contribution in [3.8, 4) is 0 Å². The van der Waals surface area contributed by atoms with E-state index in [2.05, 4.69) is 17.2 Å². The van der Waals surface area contributed by atoms with Crippen LogP contribution in [0, 0.1) is 0 Å². The molecule has 0 saturated carbocycles. The van der Waals surface area contributed by atoms with E-state index in [4.69, 9.17) is 9.15 Å². The molecule has 0 aromatic carbocycles. The van der Waals surface area contributed by atoms with Crippen molar-refractivity contribution < 1.29 is 9.15 Å². The van der Waals surface area contributed by atoms with E-state index in [1.807, 2.05) is 30.5 Å². The van der Waals surface area contributed by atoms with Crippen molar-refractivity contribution in [1.82, 2.24) is 10.3 Å². The molecule has 20 heavy (non-hydrogen) atoms. The van der Waals surface area contributed by atoms with Gasteiger partial charge in [-0.15, -0.1) is 0 Å². The van der Waals surface area contributed by atoms with Crippen molar-refractivity contribution >= 4 is 0 Å². The lowest BCUT2D eigenvalue weighted by molar-refractivity contribution is 0.122. The summed E-state index contributed by atoms with van der Waals surface area (Å²) in [6.07, 6.45) is 5.49. The first-order chi connectivity index (χ1) is 9.90. The molecule has 2 heterocycles. The Hall–Kier alpha value is -1.65. The number of pyridine rings is 1. The number of hydrogen-bond donors (Lipinski definition) is 1. The number of nitrogens with zero attached hydrogens (tertiary/aromatic N) is 1. The zero-order valence-corrected chi connectivity index (χ0v) is 12.0. The molecule has 4 nitrogen and oxygen atoms in total. The Balaban J connectivity index is 1.70. The van der Waals surface area contributed by atoms with E-state index in [0.717, 1.165) is 42.9 Å². The van der Waals surface area contributed by atoms with Gasteiger partial charge in [0.05, 0.1) is 26.0 Å². The highest BCUT2D eigenvalue weighted by Gasteiger charge is 2.06. The predicted octanol–water partition coefficient (Wildman–Crippen LogP) is 2.93. The van der Waals surface area contributed by atoms with Gasteiger partial charge in [0.25, 0.3) is 0 Å². The Bertz CT molecular complexity index is 482. The maximum Gasteiger partial charge on any atom is 0.123 e. The highest BCUT2D eigenvalue weighted by Crippen LogP contribution is 2.12. The third kappa shape index (κ3) is 4.79. The van der Waals surface area contributed by atoms with E-state index in [9.17, 15) is 0 Å². The molecule has 2 aromatic rings. The molecule has 108 valence electrons. The number of aromatic nitrogens is 1. The van der Waals surface area contributed by atoms with Crippen molar-refractivity contribution in [3.05, 3.63) is 53.7 Å². The molecule has 0 aliphatic rings. The fraction of sp³-hybridized carbons (Fsp3) is 0.438. The third-order valence-electron chi connectivity index (χ3n) is 3.04. The van der Waals surface area contributed by atoms with Gasteiger partial charge in [-0.2, -0.15) is 0 Å². The summed E-state index contributed by atoms with van der Waals surface area (Å²) < 4.78 is 11.2. The molecule has 0 aliphatic carbocycles. The largest absolute Gasteiger partial charge is 0.468 e. The predicted molar refractivity (Wildman–Crippen MR) is 78.3 cm³/mol. The van der Waals surface area contributed by atoms with Gasteiger partial charge < -0.3 is 14.5 Å². The molecule has 0 spiro atoms. The van der Waals surface area contributed by atoms with Gasteiger partial charge in [0.15, 0.2) is 0 Å². The molecule has 0 saturated heterocycles. The smallest absolute Gasteiger partial charge is 0.123 e. The standard InChI is InChI=1S/C16H22N2O2/c1-2-8-17-12-16-14(6-11-20-16)13-19-10-7-15-5-3-4-9-18-15/h3-6,9,11,17H,2,7-8,10,12-13H2,1H3. The topological polar surface area (TPSA) is 47.3 Å². The van der Waals surface area contributed by atoms with Crippen molar-refractivity contribution in [2.45, 2.75) is 32.9 Å². The summed E-state index contributed by atoms with van der Waals surface area (Å²) in [6.45, 7) is 5.17.